The molecule has 0 bridgehead atoms. The zero-order chi connectivity index (χ0) is 21.8. The lowest BCUT2D eigenvalue weighted by Crippen LogP contribution is -2.51. The molecule has 1 aromatic carbocycles. The number of fused-ring (bicyclic) bond motifs is 1. The van der Waals surface area contributed by atoms with Crippen molar-refractivity contribution in [3.63, 3.8) is 0 Å². The van der Waals surface area contributed by atoms with Gasteiger partial charge in [0.2, 0.25) is 11.8 Å². The van der Waals surface area contributed by atoms with Gasteiger partial charge in [-0.1, -0.05) is 31.0 Å². The number of aromatic nitrogens is 1. The van der Waals surface area contributed by atoms with Gasteiger partial charge in [0.1, 0.15) is 12.4 Å². The van der Waals surface area contributed by atoms with E-state index in [1.165, 1.54) is 16.7 Å². The molecule has 2 aromatic rings. The molecule has 0 aliphatic carbocycles. The van der Waals surface area contributed by atoms with Gasteiger partial charge in [-0.15, -0.1) is 11.8 Å². The van der Waals surface area contributed by atoms with E-state index in [0.29, 0.717) is 24.6 Å². The molecule has 7 nitrogen and oxygen atoms in total. The molecule has 1 N–H and O–H groups in total. The third-order valence-electron chi connectivity index (χ3n) is 5.49. The molecule has 162 valence electrons. The number of hydrogen-bond acceptors (Lipinski definition) is 5. The van der Waals surface area contributed by atoms with Crippen LogP contribution in [-0.2, 0) is 14.4 Å². The molecular formula is C23H26N4O3S. The normalized spacial score (nSPS) is 18.9. The van der Waals surface area contributed by atoms with E-state index in [2.05, 4.69) is 10.3 Å². The molecule has 3 heterocycles. The second-order valence-electron chi connectivity index (χ2n) is 7.84. The highest BCUT2D eigenvalue weighted by atomic mass is 32.2. The first-order chi connectivity index (χ1) is 15.0. The molecule has 1 fully saturated rings. The van der Waals surface area contributed by atoms with Crippen LogP contribution in [0.1, 0.15) is 31.4 Å². The maximum absolute atomic E-state index is 13.4. The van der Waals surface area contributed by atoms with Crippen LogP contribution in [0.25, 0.3) is 0 Å². The number of nitrogens with one attached hydrogen (secondary N) is 1. The third-order valence-corrected chi connectivity index (χ3v) is 6.73. The number of hydrogen-bond donors (Lipinski definition) is 1. The summed E-state index contributed by atoms with van der Waals surface area (Å²) in [5.74, 6) is -0.411. The van der Waals surface area contributed by atoms with Gasteiger partial charge in [-0.05, 0) is 44.0 Å². The Hall–Kier alpha value is -2.87. The van der Waals surface area contributed by atoms with Crippen LogP contribution in [0.3, 0.4) is 0 Å². The van der Waals surface area contributed by atoms with E-state index in [9.17, 15) is 14.4 Å². The van der Waals surface area contributed by atoms with Crippen molar-refractivity contribution in [2.75, 3.05) is 29.9 Å². The molecular weight excluding hydrogens is 412 g/mol. The maximum atomic E-state index is 13.4. The largest absolute Gasteiger partial charge is 0.341 e. The van der Waals surface area contributed by atoms with Crippen LogP contribution in [0.4, 0.5) is 11.5 Å². The molecule has 4 rings (SSSR count). The molecule has 1 aromatic heterocycles. The molecule has 2 aliphatic rings. The molecule has 0 saturated carbocycles. The average Bonchev–Trinajstić information content (AvgIpc) is 3.05. The lowest BCUT2D eigenvalue weighted by molar-refractivity contribution is -0.135. The minimum Gasteiger partial charge on any atom is -0.341 e. The van der Waals surface area contributed by atoms with E-state index in [0.717, 1.165) is 36.3 Å². The van der Waals surface area contributed by atoms with Crippen molar-refractivity contribution >= 4 is 41.0 Å². The van der Waals surface area contributed by atoms with Crippen LogP contribution in [0.5, 0.6) is 0 Å². The molecule has 0 spiro atoms. The fourth-order valence-corrected chi connectivity index (χ4v) is 5.12. The van der Waals surface area contributed by atoms with Crippen molar-refractivity contribution < 1.29 is 14.4 Å². The quantitative estimate of drug-likeness (QED) is 0.741. The summed E-state index contributed by atoms with van der Waals surface area (Å²) in [5, 5.41) is 1.89. The lowest BCUT2D eigenvalue weighted by atomic mass is 10.2. The van der Waals surface area contributed by atoms with Crippen LogP contribution in [0.2, 0.25) is 0 Å². The summed E-state index contributed by atoms with van der Waals surface area (Å²) in [4.78, 5) is 47.7. The average molecular weight is 439 g/mol. The number of amides is 3. The zero-order valence-electron chi connectivity index (χ0n) is 17.5. The molecule has 0 radical (unpaired) electrons. The number of aryl methyl sites for hydroxylation is 1. The first-order valence-electron chi connectivity index (χ1n) is 10.6. The highest BCUT2D eigenvalue weighted by molar-refractivity contribution is 8.01. The Labute approximate surface area is 186 Å². The SMILES string of the molecule is Cc1cccc(NC(=O)CN2C(=O)[C@H](C(=O)N3CCCCCC3)Sc3ccccc32)n1. The minimum absolute atomic E-state index is 0.155. The number of rotatable bonds is 4. The van der Waals surface area contributed by atoms with Gasteiger partial charge in [-0.2, -0.15) is 0 Å². The summed E-state index contributed by atoms with van der Waals surface area (Å²) < 4.78 is 0. The fraction of sp³-hybridized carbons (Fsp3) is 0.391. The zero-order valence-corrected chi connectivity index (χ0v) is 18.4. The van der Waals surface area contributed by atoms with Gasteiger partial charge in [0.25, 0.3) is 5.91 Å². The van der Waals surface area contributed by atoms with Crippen molar-refractivity contribution in [2.24, 2.45) is 0 Å². The second kappa shape index (κ2) is 9.51. The van der Waals surface area contributed by atoms with Gasteiger partial charge in [-0.25, -0.2) is 4.98 Å². The van der Waals surface area contributed by atoms with E-state index in [1.807, 2.05) is 48.2 Å². The Balaban J connectivity index is 1.54. The minimum atomic E-state index is -0.863. The molecule has 0 unspecified atom stereocenters. The van der Waals surface area contributed by atoms with Crippen LogP contribution in [0.15, 0.2) is 47.4 Å². The van der Waals surface area contributed by atoms with Crippen molar-refractivity contribution in [3.8, 4) is 0 Å². The van der Waals surface area contributed by atoms with Gasteiger partial charge in [0.15, 0.2) is 5.25 Å². The lowest BCUT2D eigenvalue weighted by Gasteiger charge is -2.34. The predicted molar refractivity (Wildman–Crippen MR) is 121 cm³/mol. The van der Waals surface area contributed by atoms with E-state index in [4.69, 9.17) is 0 Å². The van der Waals surface area contributed by atoms with E-state index in [1.54, 1.807) is 6.07 Å². The van der Waals surface area contributed by atoms with Gasteiger partial charge in [0, 0.05) is 23.7 Å². The number of benzene rings is 1. The summed E-state index contributed by atoms with van der Waals surface area (Å²) in [5.41, 5.74) is 1.45. The van der Waals surface area contributed by atoms with E-state index < -0.39 is 5.25 Å². The van der Waals surface area contributed by atoms with Gasteiger partial charge in [0.05, 0.1) is 5.69 Å². The summed E-state index contributed by atoms with van der Waals surface area (Å²) in [6.45, 7) is 3.04. The Morgan fingerprint density at radius 3 is 2.55 bits per heavy atom. The Kier molecular flexibility index (Phi) is 6.56. The molecule has 31 heavy (non-hydrogen) atoms. The number of nitrogens with zero attached hydrogens (tertiary/aromatic N) is 3. The number of carbonyl (C=O) groups is 3. The van der Waals surface area contributed by atoms with Crippen LogP contribution >= 0.6 is 11.8 Å². The van der Waals surface area contributed by atoms with Crippen molar-refractivity contribution in [2.45, 2.75) is 42.8 Å². The molecule has 8 heteroatoms. The summed E-state index contributed by atoms with van der Waals surface area (Å²) in [7, 11) is 0. The summed E-state index contributed by atoms with van der Waals surface area (Å²) >= 11 is 1.28. The van der Waals surface area contributed by atoms with E-state index >= 15 is 0 Å². The second-order valence-corrected chi connectivity index (χ2v) is 8.99. The molecule has 1 saturated heterocycles. The number of thioether (sulfide) groups is 1. The van der Waals surface area contributed by atoms with Crippen molar-refractivity contribution in [1.29, 1.82) is 0 Å². The number of likely N-dealkylation sites (tertiary alicyclic amines) is 1. The summed E-state index contributed by atoms with van der Waals surface area (Å²) in [6, 6.07) is 12.8. The topological polar surface area (TPSA) is 82.6 Å². The Morgan fingerprint density at radius 1 is 1.06 bits per heavy atom. The van der Waals surface area contributed by atoms with Crippen LogP contribution in [-0.4, -0.2) is 52.5 Å². The highest BCUT2D eigenvalue weighted by Gasteiger charge is 2.40. The monoisotopic (exact) mass is 438 g/mol. The smallest absolute Gasteiger partial charge is 0.250 e. The molecule has 3 amide bonds. The van der Waals surface area contributed by atoms with Crippen LogP contribution in [0, 0.1) is 6.92 Å². The van der Waals surface area contributed by atoms with Gasteiger partial charge >= 0.3 is 0 Å². The van der Waals surface area contributed by atoms with Crippen molar-refractivity contribution in [3.05, 3.63) is 48.2 Å². The number of pyridine rings is 1. The number of anilines is 2. The molecule has 2 aliphatic heterocycles. The fourth-order valence-electron chi connectivity index (χ4n) is 3.93. The predicted octanol–water partition coefficient (Wildman–Crippen LogP) is 3.24. The van der Waals surface area contributed by atoms with Gasteiger partial charge in [-0.3, -0.25) is 14.4 Å². The standard InChI is InChI=1S/C23H26N4O3S/c1-16-9-8-12-19(24-16)25-20(28)15-27-17-10-4-5-11-18(17)31-21(23(27)30)22(29)26-13-6-2-3-7-14-26/h4-5,8-12,21H,2-3,6-7,13-15H2,1H3,(H,24,25,28)/t21-/m0/s1. The molecule has 1 atom stereocenters. The first kappa shape index (κ1) is 21.4. The third kappa shape index (κ3) is 4.90. The Morgan fingerprint density at radius 2 is 1.81 bits per heavy atom. The number of carbonyl (C=O) groups excluding carboxylic acids is 3. The maximum Gasteiger partial charge on any atom is 0.250 e. The van der Waals surface area contributed by atoms with E-state index in [-0.39, 0.29) is 24.3 Å². The summed E-state index contributed by atoms with van der Waals surface area (Å²) in [6.07, 6.45) is 4.14. The number of para-hydroxylation sites is 1. The van der Waals surface area contributed by atoms with Gasteiger partial charge < -0.3 is 15.1 Å². The van der Waals surface area contributed by atoms with Crippen LogP contribution < -0.4 is 10.2 Å². The highest BCUT2D eigenvalue weighted by Crippen LogP contribution is 2.39. The Bertz CT molecular complexity index is 988. The van der Waals surface area contributed by atoms with Crippen molar-refractivity contribution in [1.82, 2.24) is 9.88 Å². The first-order valence-corrected chi connectivity index (χ1v) is 11.5.